The molecule has 0 aromatic carbocycles. The number of hydrogen-bond donors (Lipinski definition) is 1. The molecule has 1 saturated carbocycles. The fourth-order valence-electron chi connectivity index (χ4n) is 2.92. The molecule has 3 aromatic rings. The van der Waals surface area contributed by atoms with Crippen molar-refractivity contribution in [1.82, 2.24) is 14.5 Å². The second-order valence-corrected chi connectivity index (χ2v) is 6.16. The summed E-state index contributed by atoms with van der Waals surface area (Å²) in [6, 6.07) is 4.93. The van der Waals surface area contributed by atoms with Gasteiger partial charge >= 0.3 is 0 Å². The van der Waals surface area contributed by atoms with Crippen LogP contribution < -0.4 is 10.1 Å². The van der Waals surface area contributed by atoms with E-state index in [-0.39, 0.29) is 17.7 Å². The van der Waals surface area contributed by atoms with Crippen molar-refractivity contribution in [1.29, 1.82) is 0 Å². The van der Waals surface area contributed by atoms with E-state index in [2.05, 4.69) is 15.3 Å². The summed E-state index contributed by atoms with van der Waals surface area (Å²) in [5.74, 6) is 0.426. The van der Waals surface area contributed by atoms with E-state index in [1.165, 1.54) is 19.4 Å². The summed E-state index contributed by atoms with van der Waals surface area (Å²) in [7, 11) is 3.29. The number of aryl methyl sites for hydroxylation is 1. The van der Waals surface area contributed by atoms with E-state index >= 15 is 0 Å². The molecule has 0 spiro atoms. The van der Waals surface area contributed by atoms with Crippen LogP contribution in [0.25, 0.3) is 22.2 Å². The van der Waals surface area contributed by atoms with Crippen LogP contribution in [-0.2, 0) is 11.8 Å². The SMILES string of the molecule is COc1nccc(F)c1-c1cc2cc(NC(=O)C3CC3)ncc2n1C. The second-order valence-electron chi connectivity index (χ2n) is 6.16. The van der Waals surface area contributed by atoms with Crippen LogP contribution in [0.3, 0.4) is 0 Å². The standard InChI is InChI=1S/C18H17FN4O2/c1-23-13(16-12(19)5-6-20-18(16)25-2)7-11-8-15(21-9-14(11)23)22-17(24)10-3-4-10/h5-10H,3-4H2,1-2H3,(H,21,22,24). The highest BCUT2D eigenvalue weighted by Crippen LogP contribution is 2.35. The largest absolute Gasteiger partial charge is 0.480 e. The first-order valence-electron chi connectivity index (χ1n) is 8.03. The number of ether oxygens (including phenoxy) is 1. The highest BCUT2D eigenvalue weighted by atomic mass is 19.1. The number of amides is 1. The van der Waals surface area contributed by atoms with E-state index in [1.807, 2.05) is 17.7 Å². The van der Waals surface area contributed by atoms with Crippen molar-refractivity contribution in [2.45, 2.75) is 12.8 Å². The molecule has 0 aliphatic heterocycles. The summed E-state index contributed by atoms with van der Waals surface area (Å²) in [5, 5.41) is 3.68. The number of pyridine rings is 2. The van der Waals surface area contributed by atoms with Gasteiger partial charge in [-0.3, -0.25) is 4.79 Å². The lowest BCUT2D eigenvalue weighted by atomic mass is 10.2. The zero-order valence-electron chi connectivity index (χ0n) is 13.9. The summed E-state index contributed by atoms with van der Waals surface area (Å²) in [5.41, 5.74) is 1.75. The lowest BCUT2D eigenvalue weighted by Crippen LogP contribution is -2.14. The van der Waals surface area contributed by atoms with Crippen molar-refractivity contribution in [3.05, 3.63) is 36.4 Å². The zero-order valence-corrected chi connectivity index (χ0v) is 13.9. The van der Waals surface area contributed by atoms with Gasteiger partial charge in [0.2, 0.25) is 11.8 Å². The van der Waals surface area contributed by atoms with Crippen LogP contribution >= 0.6 is 0 Å². The highest BCUT2D eigenvalue weighted by molar-refractivity contribution is 5.96. The van der Waals surface area contributed by atoms with Gasteiger partial charge in [-0.25, -0.2) is 14.4 Å². The lowest BCUT2D eigenvalue weighted by Gasteiger charge is -2.09. The first kappa shape index (κ1) is 15.6. The minimum absolute atomic E-state index is 0.00276. The molecule has 1 fully saturated rings. The molecule has 0 saturated heterocycles. The smallest absolute Gasteiger partial charge is 0.228 e. The van der Waals surface area contributed by atoms with Crippen molar-refractivity contribution in [3.8, 4) is 17.1 Å². The van der Waals surface area contributed by atoms with Crippen LogP contribution in [0.4, 0.5) is 10.2 Å². The molecule has 0 radical (unpaired) electrons. The number of rotatable bonds is 4. The Morgan fingerprint density at radius 1 is 1.36 bits per heavy atom. The van der Waals surface area contributed by atoms with Gasteiger partial charge in [-0.05, 0) is 31.0 Å². The van der Waals surface area contributed by atoms with E-state index in [4.69, 9.17) is 4.74 Å². The summed E-state index contributed by atoms with van der Waals surface area (Å²) in [6.45, 7) is 0. The third-order valence-electron chi connectivity index (χ3n) is 4.44. The molecule has 1 N–H and O–H groups in total. The van der Waals surface area contributed by atoms with Gasteiger partial charge in [0.25, 0.3) is 0 Å². The molecule has 4 rings (SSSR count). The number of fused-ring (bicyclic) bond motifs is 1. The number of carbonyl (C=O) groups is 1. The average molecular weight is 340 g/mol. The van der Waals surface area contributed by atoms with E-state index in [0.717, 1.165) is 23.7 Å². The Hall–Kier alpha value is -2.96. The monoisotopic (exact) mass is 340 g/mol. The topological polar surface area (TPSA) is 69.0 Å². The van der Waals surface area contributed by atoms with Crippen molar-refractivity contribution in [3.63, 3.8) is 0 Å². The number of carbonyl (C=O) groups excluding carboxylic acids is 1. The van der Waals surface area contributed by atoms with Crippen molar-refractivity contribution < 1.29 is 13.9 Å². The maximum Gasteiger partial charge on any atom is 0.228 e. The zero-order chi connectivity index (χ0) is 17.6. The molecule has 0 atom stereocenters. The summed E-state index contributed by atoms with van der Waals surface area (Å²) in [4.78, 5) is 20.3. The molecular formula is C18H17FN4O2. The third kappa shape index (κ3) is 2.71. The molecule has 7 heteroatoms. The fourth-order valence-corrected chi connectivity index (χ4v) is 2.92. The molecule has 1 aliphatic rings. The molecule has 0 unspecified atom stereocenters. The maximum absolute atomic E-state index is 14.4. The second kappa shape index (κ2) is 5.84. The van der Waals surface area contributed by atoms with Gasteiger partial charge in [-0.15, -0.1) is 0 Å². The maximum atomic E-state index is 14.4. The highest BCUT2D eigenvalue weighted by Gasteiger charge is 2.29. The van der Waals surface area contributed by atoms with E-state index in [1.54, 1.807) is 12.3 Å². The van der Waals surface area contributed by atoms with Crippen molar-refractivity contribution >= 4 is 22.6 Å². The number of halogens is 1. The Labute approximate surface area is 143 Å². The normalized spacial score (nSPS) is 13.9. The number of methoxy groups -OCH3 is 1. The predicted octanol–water partition coefficient (Wildman–Crippen LogP) is 3.13. The molecule has 3 aromatic heterocycles. The molecule has 0 bridgehead atoms. The molecule has 1 aliphatic carbocycles. The molecule has 6 nitrogen and oxygen atoms in total. The lowest BCUT2D eigenvalue weighted by molar-refractivity contribution is -0.117. The van der Waals surface area contributed by atoms with Crippen LogP contribution in [0, 0.1) is 11.7 Å². The number of anilines is 1. The molecular weight excluding hydrogens is 323 g/mol. The summed E-state index contributed by atoms with van der Waals surface area (Å²) >= 11 is 0. The number of nitrogens with one attached hydrogen (secondary N) is 1. The average Bonchev–Trinajstić information content (AvgIpc) is 3.40. The summed E-state index contributed by atoms with van der Waals surface area (Å²) < 4.78 is 21.4. The number of aromatic nitrogens is 3. The van der Waals surface area contributed by atoms with Gasteiger partial charge in [-0.2, -0.15) is 0 Å². The minimum Gasteiger partial charge on any atom is -0.480 e. The van der Waals surface area contributed by atoms with Crippen molar-refractivity contribution in [2.75, 3.05) is 12.4 Å². The van der Waals surface area contributed by atoms with E-state index in [9.17, 15) is 9.18 Å². The Bertz CT molecular complexity index is 979. The third-order valence-corrected chi connectivity index (χ3v) is 4.44. The summed E-state index contributed by atoms with van der Waals surface area (Å²) in [6.07, 6.45) is 4.91. The van der Waals surface area contributed by atoms with Crippen LogP contribution in [0.15, 0.2) is 30.6 Å². The van der Waals surface area contributed by atoms with Gasteiger partial charge in [0.1, 0.15) is 11.6 Å². The first-order chi connectivity index (χ1) is 12.1. The van der Waals surface area contributed by atoms with E-state index in [0.29, 0.717) is 17.1 Å². The van der Waals surface area contributed by atoms with Crippen molar-refractivity contribution in [2.24, 2.45) is 13.0 Å². The molecule has 3 heterocycles. The van der Waals surface area contributed by atoms with Crippen LogP contribution in [0.1, 0.15) is 12.8 Å². The van der Waals surface area contributed by atoms with Crippen LogP contribution in [0.2, 0.25) is 0 Å². The Morgan fingerprint density at radius 3 is 2.88 bits per heavy atom. The van der Waals surface area contributed by atoms with Gasteiger partial charge < -0.3 is 14.6 Å². The molecule has 1 amide bonds. The Balaban J connectivity index is 1.78. The fraction of sp³-hybridized carbons (Fsp3) is 0.278. The molecule has 25 heavy (non-hydrogen) atoms. The van der Waals surface area contributed by atoms with Gasteiger partial charge in [0.05, 0.1) is 30.1 Å². The number of nitrogens with zero attached hydrogens (tertiary/aromatic N) is 3. The quantitative estimate of drug-likeness (QED) is 0.792. The van der Waals surface area contributed by atoms with Crippen LogP contribution in [0.5, 0.6) is 5.88 Å². The predicted molar refractivity (Wildman–Crippen MR) is 91.8 cm³/mol. The van der Waals surface area contributed by atoms with Crippen LogP contribution in [-0.4, -0.2) is 27.6 Å². The van der Waals surface area contributed by atoms with Gasteiger partial charge in [0.15, 0.2) is 0 Å². The molecule has 128 valence electrons. The van der Waals surface area contributed by atoms with E-state index < -0.39 is 5.82 Å². The van der Waals surface area contributed by atoms with Gasteiger partial charge in [0, 0.05) is 24.5 Å². The van der Waals surface area contributed by atoms with Gasteiger partial charge in [-0.1, -0.05) is 0 Å². The Kier molecular flexibility index (Phi) is 3.63. The Morgan fingerprint density at radius 2 is 2.16 bits per heavy atom. The minimum atomic E-state index is -0.409. The number of hydrogen-bond acceptors (Lipinski definition) is 4. The first-order valence-corrected chi connectivity index (χ1v) is 8.03.